The highest BCUT2D eigenvalue weighted by Crippen LogP contribution is 2.68. The Morgan fingerprint density at radius 1 is 1.22 bits per heavy atom. The maximum absolute atomic E-state index is 13.5. The van der Waals surface area contributed by atoms with Gasteiger partial charge in [0.15, 0.2) is 0 Å². The molecule has 0 aliphatic heterocycles. The van der Waals surface area contributed by atoms with Crippen molar-refractivity contribution in [2.75, 3.05) is 5.75 Å². The van der Waals surface area contributed by atoms with E-state index in [0.29, 0.717) is 32.1 Å². The molecule has 4 rings (SSSR count). The number of ether oxygens (including phenoxy) is 1. The van der Waals surface area contributed by atoms with E-state index in [-0.39, 0.29) is 52.0 Å². The number of carbonyl (C=O) groups is 3. The van der Waals surface area contributed by atoms with Crippen molar-refractivity contribution in [3.05, 3.63) is 12.7 Å². The number of hydrogen-bond donors (Lipinski definition) is 3. The first-order valence-electron chi connectivity index (χ1n) is 14.0. The van der Waals surface area contributed by atoms with E-state index in [2.05, 4.69) is 32.7 Å². The number of nitrogens with one attached hydrogen (secondary N) is 1. The quantitative estimate of drug-likeness (QED) is 0.259. The maximum atomic E-state index is 13.5. The number of ketones is 1. The summed E-state index contributed by atoms with van der Waals surface area (Å²) in [6.45, 7) is 12.5. The van der Waals surface area contributed by atoms with Crippen molar-refractivity contribution in [3.8, 4) is 0 Å². The molecule has 0 aromatic heterocycles. The zero-order valence-electron chi connectivity index (χ0n) is 22.8. The van der Waals surface area contributed by atoms with Gasteiger partial charge < -0.3 is 20.3 Å². The standard InChI is InChI=1S/C29H45NO6S/c1-6-27(4)14-23(36-24(34)15-37-22-13-19(30-16-31)7-8-20(22)32)28(5)17(2)9-11-29(18(3)26(27)35)12-10-21(33)25(28)29/h6,16-20,22-23,25-26,32,35H,1,7-15H2,2-5H3,(H,30,31)/t17?,18-,19-,20+,22+,23+,25-,26-,27+,28-,29?/m0/s1. The largest absolute Gasteiger partial charge is 0.461 e. The smallest absolute Gasteiger partial charge is 0.316 e. The summed E-state index contributed by atoms with van der Waals surface area (Å²) in [5.74, 6) is -0.161. The molecule has 2 bridgehead atoms. The van der Waals surface area contributed by atoms with Gasteiger partial charge in [-0.05, 0) is 62.2 Å². The Balaban J connectivity index is 1.59. The maximum Gasteiger partial charge on any atom is 0.316 e. The number of rotatable bonds is 7. The summed E-state index contributed by atoms with van der Waals surface area (Å²) in [6.07, 6.45) is 6.18. The first kappa shape index (κ1) is 28.6. The molecule has 0 saturated heterocycles. The molecule has 4 saturated carbocycles. The fourth-order valence-electron chi connectivity index (χ4n) is 8.41. The molecular weight excluding hydrogens is 490 g/mol. The molecule has 208 valence electrons. The van der Waals surface area contributed by atoms with Crippen LogP contribution in [0.25, 0.3) is 0 Å². The third-order valence-corrected chi connectivity index (χ3v) is 12.4. The summed E-state index contributed by atoms with van der Waals surface area (Å²) in [5.41, 5.74) is -1.49. The fourth-order valence-corrected chi connectivity index (χ4v) is 9.55. The summed E-state index contributed by atoms with van der Waals surface area (Å²) < 4.78 is 6.30. The van der Waals surface area contributed by atoms with Crippen LogP contribution in [-0.4, -0.2) is 63.7 Å². The van der Waals surface area contributed by atoms with Crippen LogP contribution in [0.3, 0.4) is 0 Å². The van der Waals surface area contributed by atoms with Crippen LogP contribution in [0, 0.1) is 34.0 Å². The van der Waals surface area contributed by atoms with Crippen LogP contribution in [0.4, 0.5) is 0 Å². The molecule has 1 amide bonds. The van der Waals surface area contributed by atoms with Gasteiger partial charge >= 0.3 is 5.97 Å². The number of aliphatic hydroxyl groups excluding tert-OH is 2. The van der Waals surface area contributed by atoms with Crippen molar-refractivity contribution in [1.29, 1.82) is 0 Å². The minimum Gasteiger partial charge on any atom is -0.461 e. The number of thioether (sulfide) groups is 1. The monoisotopic (exact) mass is 535 g/mol. The van der Waals surface area contributed by atoms with E-state index in [1.54, 1.807) is 6.08 Å². The van der Waals surface area contributed by atoms with E-state index in [4.69, 9.17) is 4.74 Å². The van der Waals surface area contributed by atoms with E-state index in [9.17, 15) is 24.6 Å². The Bertz CT molecular complexity index is 913. The molecule has 0 aromatic rings. The van der Waals surface area contributed by atoms with Crippen molar-refractivity contribution in [2.24, 2.45) is 34.0 Å². The first-order valence-corrected chi connectivity index (χ1v) is 15.0. The predicted molar refractivity (Wildman–Crippen MR) is 144 cm³/mol. The lowest BCUT2D eigenvalue weighted by atomic mass is 9.44. The highest BCUT2D eigenvalue weighted by Gasteiger charge is 2.68. The van der Waals surface area contributed by atoms with E-state index in [0.717, 1.165) is 25.7 Å². The lowest BCUT2D eigenvalue weighted by Gasteiger charge is -2.61. The Morgan fingerprint density at radius 2 is 1.95 bits per heavy atom. The second kappa shape index (κ2) is 10.6. The topological polar surface area (TPSA) is 113 Å². The Morgan fingerprint density at radius 3 is 2.62 bits per heavy atom. The number of hydrogen-bond acceptors (Lipinski definition) is 7. The molecule has 0 radical (unpaired) electrons. The van der Waals surface area contributed by atoms with Gasteiger partial charge in [-0.2, -0.15) is 0 Å². The average Bonchev–Trinajstić information content (AvgIpc) is 3.23. The molecule has 4 aliphatic rings. The summed E-state index contributed by atoms with van der Waals surface area (Å²) >= 11 is 1.37. The molecule has 11 atom stereocenters. The lowest BCUT2D eigenvalue weighted by molar-refractivity contribution is -0.205. The first-order chi connectivity index (χ1) is 17.4. The molecule has 0 spiro atoms. The van der Waals surface area contributed by atoms with Crippen LogP contribution < -0.4 is 5.32 Å². The van der Waals surface area contributed by atoms with Crippen LogP contribution in [0.15, 0.2) is 12.7 Å². The summed E-state index contributed by atoms with van der Waals surface area (Å²) in [4.78, 5) is 37.7. The number of Topliss-reactive ketones (excluding diaryl/α,β-unsaturated/α-hetero) is 1. The van der Waals surface area contributed by atoms with E-state index < -0.39 is 29.1 Å². The minimum atomic E-state index is -0.688. The molecule has 8 heteroatoms. The van der Waals surface area contributed by atoms with E-state index >= 15 is 0 Å². The van der Waals surface area contributed by atoms with Crippen LogP contribution in [0.2, 0.25) is 0 Å². The van der Waals surface area contributed by atoms with Crippen molar-refractivity contribution < 1.29 is 29.3 Å². The average molecular weight is 536 g/mol. The number of carbonyl (C=O) groups excluding carboxylic acids is 3. The molecule has 0 aromatic carbocycles. The van der Waals surface area contributed by atoms with Crippen LogP contribution in [-0.2, 0) is 19.1 Å². The van der Waals surface area contributed by atoms with Gasteiger partial charge in [0, 0.05) is 34.5 Å². The zero-order valence-corrected chi connectivity index (χ0v) is 23.6. The summed E-state index contributed by atoms with van der Waals surface area (Å²) in [7, 11) is 0. The van der Waals surface area contributed by atoms with Gasteiger partial charge in [-0.15, -0.1) is 18.3 Å². The summed E-state index contributed by atoms with van der Waals surface area (Å²) in [6, 6.07) is 0.000283. The molecule has 2 unspecified atom stereocenters. The zero-order chi connectivity index (χ0) is 27.2. The van der Waals surface area contributed by atoms with Gasteiger partial charge in [-0.3, -0.25) is 14.4 Å². The number of esters is 1. The van der Waals surface area contributed by atoms with E-state index in [1.807, 2.05) is 6.92 Å². The van der Waals surface area contributed by atoms with Crippen LogP contribution in [0.5, 0.6) is 0 Å². The van der Waals surface area contributed by atoms with Crippen molar-refractivity contribution >= 4 is 29.9 Å². The fraction of sp³-hybridized carbons (Fsp3) is 0.828. The number of aliphatic hydroxyl groups is 2. The lowest BCUT2D eigenvalue weighted by Crippen LogP contribution is -2.63. The normalized spacial score (nSPS) is 47.8. The SMILES string of the molecule is C=C[C@]1(C)C[C@@H](OC(=O)CS[C@@H]2C[C@@H](NC=O)CC[C@H]2O)[C@]2(C)C(C)CCC3(CCC(=O)[C@H]32)[C@@H](C)[C@@H]1O. The molecule has 0 heterocycles. The molecular formula is C29H45NO6S. The van der Waals surface area contributed by atoms with Gasteiger partial charge in [0.25, 0.3) is 0 Å². The predicted octanol–water partition coefficient (Wildman–Crippen LogP) is 3.65. The van der Waals surface area contributed by atoms with Gasteiger partial charge in [0.1, 0.15) is 11.9 Å². The number of amides is 1. The summed E-state index contributed by atoms with van der Waals surface area (Å²) in [5, 5.41) is 24.7. The highest BCUT2D eigenvalue weighted by molar-refractivity contribution is 8.00. The molecule has 4 aliphatic carbocycles. The minimum absolute atomic E-state index is 0.000283. The van der Waals surface area contributed by atoms with Crippen LogP contribution >= 0.6 is 11.8 Å². The van der Waals surface area contributed by atoms with Crippen molar-refractivity contribution in [1.82, 2.24) is 5.32 Å². The van der Waals surface area contributed by atoms with Gasteiger partial charge in [0.2, 0.25) is 6.41 Å². The Hall–Kier alpha value is -1.38. The van der Waals surface area contributed by atoms with Crippen molar-refractivity contribution in [2.45, 2.75) is 109 Å². The van der Waals surface area contributed by atoms with Gasteiger partial charge in [-0.1, -0.05) is 33.8 Å². The second-order valence-corrected chi connectivity index (χ2v) is 14.0. The molecule has 3 N–H and O–H groups in total. The highest BCUT2D eigenvalue weighted by atomic mass is 32.2. The molecule has 4 fully saturated rings. The Kier molecular flexibility index (Phi) is 8.24. The third kappa shape index (κ3) is 4.80. The van der Waals surface area contributed by atoms with Crippen LogP contribution in [0.1, 0.15) is 79.1 Å². The molecule has 7 nitrogen and oxygen atoms in total. The second-order valence-electron chi connectivity index (χ2n) is 12.8. The van der Waals surface area contributed by atoms with Gasteiger partial charge in [-0.25, -0.2) is 0 Å². The van der Waals surface area contributed by atoms with Gasteiger partial charge in [0.05, 0.1) is 18.0 Å². The van der Waals surface area contributed by atoms with Crippen molar-refractivity contribution in [3.63, 3.8) is 0 Å². The van der Waals surface area contributed by atoms with E-state index in [1.165, 1.54) is 11.8 Å². The third-order valence-electron chi connectivity index (χ3n) is 11.1. The molecule has 37 heavy (non-hydrogen) atoms. The Labute approximate surface area is 225 Å².